The third-order valence-corrected chi connectivity index (χ3v) is 6.84. The van der Waals surface area contributed by atoms with E-state index in [1.54, 1.807) is 0 Å². The van der Waals surface area contributed by atoms with Gasteiger partial charge in [-0.3, -0.25) is 9.69 Å². The van der Waals surface area contributed by atoms with Gasteiger partial charge in [0.05, 0.1) is 11.6 Å². The molecule has 3 fully saturated rings. The highest BCUT2D eigenvalue weighted by molar-refractivity contribution is 5.82. The van der Waals surface area contributed by atoms with Gasteiger partial charge in [-0.15, -0.1) is 0 Å². The summed E-state index contributed by atoms with van der Waals surface area (Å²) in [7, 11) is 2.07. The summed E-state index contributed by atoms with van der Waals surface area (Å²) in [5.41, 5.74) is 0.238. The van der Waals surface area contributed by atoms with E-state index in [0.717, 1.165) is 50.6 Å². The molecule has 0 spiro atoms. The molecule has 2 heterocycles. The molecule has 4 rings (SSSR count). The second-order valence-corrected chi connectivity index (χ2v) is 8.17. The smallest absolute Gasteiger partial charge is 0.240 e. The first-order chi connectivity index (χ1) is 12.1. The van der Waals surface area contributed by atoms with Crippen LogP contribution in [0.1, 0.15) is 50.5 Å². The molecule has 2 saturated heterocycles. The van der Waals surface area contributed by atoms with Gasteiger partial charge in [-0.25, -0.2) is 0 Å². The second-order valence-electron chi connectivity index (χ2n) is 8.17. The second kappa shape index (κ2) is 6.73. The van der Waals surface area contributed by atoms with Crippen molar-refractivity contribution in [1.82, 2.24) is 9.80 Å². The molecule has 4 nitrogen and oxygen atoms in total. The molecule has 0 bridgehead atoms. The molecule has 0 radical (unpaired) electrons. The fourth-order valence-electron chi connectivity index (χ4n) is 5.46. The highest BCUT2D eigenvalue weighted by atomic mass is 16.3. The zero-order valence-corrected chi connectivity index (χ0v) is 15.2. The first-order valence-electron chi connectivity index (χ1n) is 9.90. The molecule has 1 aromatic carbocycles. The first kappa shape index (κ1) is 17.0. The number of likely N-dealkylation sites (tertiary alicyclic amines) is 2. The van der Waals surface area contributed by atoms with Crippen molar-refractivity contribution in [3.8, 4) is 0 Å². The number of hydrogen-bond donors (Lipinski definition) is 1. The minimum atomic E-state index is -0.787. The van der Waals surface area contributed by atoms with Crippen molar-refractivity contribution in [3.63, 3.8) is 0 Å². The van der Waals surface area contributed by atoms with Crippen molar-refractivity contribution in [2.45, 2.75) is 62.6 Å². The molecule has 1 aliphatic carbocycles. The average Bonchev–Trinajstić information content (AvgIpc) is 3.08. The number of nitrogens with zero attached hydrogens (tertiary/aromatic N) is 2. The third-order valence-electron chi connectivity index (χ3n) is 6.84. The summed E-state index contributed by atoms with van der Waals surface area (Å²) < 4.78 is 0. The van der Waals surface area contributed by atoms with E-state index < -0.39 is 5.60 Å². The van der Waals surface area contributed by atoms with E-state index in [9.17, 15) is 9.90 Å². The molecule has 4 heteroatoms. The molecular formula is C21H30N2O2. The maximum atomic E-state index is 13.2. The Labute approximate surface area is 150 Å². The predicted octanol–water partition coefficient (Wildman–Crippen LogP) is 2.76. The Hall–Kier alpha value is -1.39. The van der Waals surface area contributed by atoms with Crippen LogP contribution in [0.25, 0.3) is 0 Å². The van der Waals surface area contributed by atoms with Crippen molar-refractivity contribution < 1.29 is 9.90 Å². The third kappa shape index (κ3) is 2.89. The minimum absolute atomic E-state index is 0.0468. The molecule has 136 valence electrons. The van der Waals surface area contributed by atoms with Gasteiger partial charge in [-0.2, -0.15) is 0 Å². The largest absolute Gasteiger partial charge is 0.385 e. The molecule has 0 unspecified atom stereocenters. The molecule has 0 aromatic heterocycles. The van der Waals surface area contributed by atoms with E-state index in [-0.39, 0.29) is 18.0 Å². The van der Waals surface area contributed by atoms with E-state index in [0.29, 0.717) is 18.9 Å². The monoisotopic (exact) mass is 342 g/mol. The number of hydrogen-bond acceptors (Lipinski definition) is 3. The molecule has 2 aliphatic heterocycles. The lowest BCUT2D eigenvalue weighted by atomic mass is 9.66. The predicted molar refractivity (Wildman–Crippen MR) is 98.1 cm³/mol. The van der Waals surface area contributed by atoms with Gasteiger partial charge in [0.15, 0.2) is 0 Å². The van der Waals surface area contributed by atoms with Gasteiger partial charge in [-0.1, -0.05) is 43.2 Å². The Morgan fingerprint density at radius 1 is 1.08 bits per heavy atom. The van der Waals surface area contributed by atoms with Gasteiger partial charge < -0.3 is 10.0 Å². The quantitative estimate of drug-likeness (QED) is 0.899. The number of piperidine rings is 1. The highest BCUT2D eigenvalue weighted by Crippen LogP contribution is 2.47. The SMILES string of the molecule is CN1CCC[C@H]1C(=O)N1CC[C@](O)(c2ccccc2)[C@H]2CCCC[C@H]21. The summed E-state index contributed by atoms with van der Waals surface area (Å²) >= 11 is 0. The number of fused-ring (bicyclic) bond motifs is 1. The Balaban J connectivity index is 1.61. The van der Waals surface area contributed by atoms with Gasteiger partial charge in [0.2, 0.25) is 5.91 Å². The molecule has 3 aliphatic rings. The van der Waals surface area contributed by atoms with E-state index in [2.05, 4.69) is 16.8 Å². The normalized spacial score (nSPS) is 36.2. The zero-order valence-electron chi connectivity index (χ0n) is 15.2. The van der Waals surface area contributed by atoms with Crippen molar-refractivity contribution in [2.24, 2.45) is 5.92 Å². The summed E-state index contributed by atoms with van der Waals surface area (Å²) in [6.45, 7) is 1.70. The van der Waals surface area contributed by atoms with Crippen LogP contribution in [0.5, 0.6) is 0 Å². The number of carbonyl (C=O) groups is 1. The molecule has 25 heavy (non-hydrogen) atoms. The zero-order chi connectivity index (χ0) is 17.4. The van der Waals surface area contributed by atoms with Crippen molar-refractivity contribution >= 4 is 5.91 Å². The summed E-state index contributed by atoms with van der Waals surface area (Å²) in [5, 5.41) is 11.6. The highest BCUT2D eigenvalue weighted by Gasteiger charge is 2.51. The van der Waals surface area contributed by atoms with Crippen molar-refractivity contribution in [3.05, 3.63) is 35.9 Å². The molecule has 4 atom stereocenters. The van der Waals surface area contributed by atoms with Crippen molar-refractivity contribution in [1.29, 1.82) is 0 Å². The minimum Gasteiger partial charge on any atom is -0.385 e. The summed E-state index contributed by atoms with van der Waals surface area (Å²) in [6, 6.07) is 10.4. The number of benzene rings is 1. The number of rotatable bonds is 2. The Morgan fingerprint density at radius 3 is 2.56 bits per heavy atom. The van der Waals surface area contributed by atoms with E-state index in [4.69, 9.17) is 0 Å². The van der Waals surface area contributed by atoms with Crippen LogP contribution in [-0.4, -0.2) is 53.0 Å². The first-order valence-corrected chi connectivity index (χ1v) is 9.90. The van der Waals surface area contributed by atoms with Gasteiger partial charge in [-0.05, 0) is 51.3 Å². The lowest BCUT2D eigenvalue weighted by Crippen LogP contribution is -2.61. The van der Waals surface area contributed by atoms with Gasteiger partial charge >= 0.3 is 0 Å². The Kier molecular flexibility index (Phi) is 4.59. The molecule has 1 N–H and O–H groups in total. The van der Waals surface area contributed by atoms with Crippen LogP contribution in [0.3, 0.4) is 0 Å². The Morgan fingerprint density at radius 2 is 1.84 bits per heavy atom. The van der Waals surface area contributed by atoms with Crippen LogP contribution in [0.4, 0.5) is 0 Å². The van der Waals surface area contributed by atoms with E-state index in [1.807, 2.05) is 30.3 Å². The number of carbonyl (C=O) groups excluding carboxylic acids is 1. The topological polar surface area (TPSA) is 43.8 Å². The number of likely N-dealkylation sites (N-methyl/N-ethyl adjacent to an activating group) is 1. The lowest BCUT2D eigenvalue weighted by molar-refractivity contribution is -0.158. The van der Waals surface area contributed by atoms with Gasteiger partial charge in [0, 0.05) is 18.5 Å². The Bertz CT molecular complexity index is 620. The van der Waals surface area contributed by atoms with Crippen LogP contribution < -0.4 is 0 Å². The molecular weight excluding hydrogens is 312 g/mol. The number of amides is 1. The summed E-state index contributed by atoms with van der Waals surface area (Å²) in [5.74, 6) is 0.458. The average molecular weight is 342 g/mol. The maximum absolute atomic E-state index is 13.2. The lowest BCUT2D eigenvalue weighted by Gasteiger charge is -2.53. The maximum Gasteiger partial charge on any atom is 0.240 e. The standard InChI is InChI=1S/C21H30N2O2/c1-22-14-7-12-19(22)20(24)23-15-13-21(25,16-8-3-2-4-9-16)17-10-5-6-11-18(17)23/h2-4,8-9,17-19,25H,5-7,10-15H2,1H3/t17-,18+,19-,21-/m0/s1. The molecule has 1 saturated carbocycles. The van der Waals surface area contributed by atoms with Crippen LogP contribution in [0, 0.1) is 5.92 Å². The van der Waals surface area contributed by atoms with E-state index in [1.165, 1.54) is 0 Å². The molecule has 1 aromatic rings. The summed E-state index contributed by atoms with van der Waals surface area (Å²) in [4.78, 5) is 17.6. The van der Waals surface area contributed by atoms with Crippen LogP contribution >= 0.6 is 0 Å². The number of aliphatic hydroxyl groups is 1. The van der Waals surface area contributed by atoms with Crippen molar-refractivity contribution in [2.75, 3.05) is 20.1 Å². The molecule has 1 amide bonds. The van der Waals surface area contributed by atoms with Crippen LogP contribution in [0.15, 0.2) is 30.3 Å². The van der Waals surface area contributed by atoms with Crippen LogP contribution in [0.2, 0.25) is 0 Å². The fourth-order valence-corrected chi connectivity index (χ4v) is 5.46. The van der Waals surface area contributed by atoms with Crippen LogP contribution in [-0.2, 0) is 10.4 Å². The fraction of sp³-hybridized carbons (Fsp3) is 0.667. The van der Waals surface area contributed by atoms with E-state index >= 15 is 0 Å². The van der Waals surface area contributed by atoms with Gasteiger partial charge in [0.1, 0.15) is 0 Å². The summed E-state index contributed by atoms with van der Waals surface area (Å²) in [6.07, 6.45) is 7.11. The van der Waals surface area contributed by atoms with Gasteiger partial charge in [0.25, 0.3) is 0 Å².